The number of nitrogens with zero attached hydrogens (tertiary/aromatic N) is 1. The molecular formula is C17H23N3O2. The molecule has 1 atom stereocenters. The molecule has 118 valence electrons. The molecule has 5 heteroatoms. The van der Waals surface area contributed by atoms with E-state index in [1.54, 1.807) is 6.08 Å². The van der Waals surface area contributed by atoms with E-state index in [4.69, 9.17) is 10.8 Å². The third-order valence-electron chi connectivity index (χ3n) is 2.99. The molecule has 0 heterocycles. The zero-order valence-electron chi connectivity index (χ0n) is 12.8. The van der Waals surface area contributed by atoms with Crippen LogP contribution in [0.1, 0.15) is 24.0 Å². The van der Waals surface area contributed by atoms with Gasteiger partial charge in [-0.1, -0.05) is 30.3 Å². The molecule has 1 unspecified atom stereocenters. The number of benzene rings is 1. The smallest absolute Gasteiger partial charge is 0.328 e. The van der Waals surface area contributed by atoms with Crippen LogP contribution in [-0.2, 0) is 4.79 Å². The van der Waals surface area contributed by atoms with Crippen LogP contribution >= 0.6 is 0 Å². The topological polar surface area (TPSA) is 87.7 Å². The van der Waals surface area contributed by atoms with E-state index in [2.05, 4.69) is 10.3 Å². The van der Waals surface area contributed by atoms with Crippen molar-refractivity contribution in [1.29, 1.82) is 0 Å². The molecule has 1 aromatic rings. The van der Waals surface area contributed by atoms with Crippen LogP contribution in [0.5, 0.6) is 0 Å². The predicted molar refractivity (Wildman–Crippen MR) is 91.8 cm³/mol. The zero-order chi connectivity index (χ0) is 16.2. The van der Waals surface area contributed by atoms with E-state index in [9.17, 15) is 4.79 Å². The van der Waals surface area contributed by atoms with Gasteiger partial charge in [0.15, 0.2) is 0 Å². The summed E-state index contributed by atoms with van der Waals surface area (Å²) in [6.45, 7) is 0.476. The second-order valence-corrected chi connectivity index (χ2v) is 4.73. The minimum Gasteiger partial charge on any atom is -0.480 e. The first-order chi connectivity index (χ1) is 10.7. The maximum absolute atomic E-state index is 11.0. The Hall–Kier alpha value is -2.40. The quantitative estimate of drug-likeness (QED) is 0.610. The van der Waals surface area contributed by atoms with E-state index in [1.807, 2.05) is 49.7 Å². The Bertz CT molecular complexity index is 533. The summed E-state index contributed by atoms with van der Waals surface area (Å²) in [5.41, 5.74) is 7.52. The lowest BCUT2D eigenvalue weighted by atomic mass is 10.1. The van der Waals surface area contributed by atoms with Gasteiger partial charge in [-0.25, -0.2) is 4.79 Å². The van der Waals surface area contributed by atoms with Gasteiger partial charge in [0.05, 0.1) is 0 Å². The van der Waals surface area contributed by atoms with Crippen LogP contribution in [0.3, 0.4) is 0 Å². The predicted octanol–water partition coefficient (Wildman–Crippen LogP) is 2.15. The van der Waals surface area contributed by atoms with E-state index in [1.165, 1.54) is 6.21 Å². The lowest BCUT2D eigenvalue weighted by molar-refractivity contribution is -0.138. The maximum Gasteiger partial charge on any atom is 0.328 e. The fourth-order valence-electron chi connectivity index (χ4n) is 1.78. The molecule has 22 heavy (non-hydrogen) atoms. The van der Waals surface area contributed by atoms with E-state index in [0.717, 1.165) is 11.1 Å². The molecule has 4 N–H and O–H groups in total. The molecule has 0 radical (unpaired) electrons. The van der Waals surface area contributed by atoms with Crippen molar-refractivity contribution in [3.63, 3.8) is 0 Å². The normalized spacial score (nSPS) is 13.2. The highest BCUT2D eigenvalue weighted by atomic mass is 16.4. The van der Waals surface area contributed by atoms with Crippen LogP contribution in [0, 0.1) is 0 Å². The minimum atomic E-state index is -0.918. The molecule has 0 aliphatic rings. The SMILES string of the molecule is CN/C=C\c1ccc(/C=C/C=NC(CCCN)C(=O)O)cc1. The highest BCUT2D eigenvalue weighted by Crippen LogP contribution is 2.07. The third-order valence-corrected chi connectivity index (χ3v) is 2.99. The number of carboxylic acid groups (broad SMARTS) is 1. The van der Waals surface area contributed by atoms with Crippen molar-refractivity contribution in [3.05, 3.63) is 47.7 Å². The summed E-state index contributed by atoms with van der Waals surface area (Å²) in [4.78, 5) is 15.1. The molecule has 0 bridgehead atoms. The average molecular weight is 301 g/mol. The average Bonchev–Trinajstić information content (AvgIpc) is 2.53. The molecule has 0 fully saturated rings. The van der Waals surface area contributed by atoms with Gasteiger partial charge in [-0.3, -0.25) is 4.99 Å². The van der Waals surface area contributed by atoms with Gasteiger partial charge in [0.25, 0.3) is 0 Å². The van der Waals surface area contributed by atoms with Gasteiger partial charge < -0.3 is 16.2 Å². The van der Waals surface area contributed by atoms with Crippen molar-refractivity contribution < 1.29 is 9.90 Å². The Morgan fingerprint density at radius 3 is 2.50 bits per heavy atom. The summed E-state index contributed by atoms with van der Waals surface area (Å²) < 4.78 is 0. The Kier molecular flexibility index (Phi) is 8.30. The fraction of sp³-hybridized carbons (Fsp3) is 0.294. The molecule has 0 spiro atoms. The van der Waals surface area contributed by atoms with Crippen LogP contribution in [0.2, 0.25) is 0 Å². The highest BCUT2D eigenvalue weighted by molar-refractivity contribution is 5.82. The second kappa shape index (κ2) is 10.3. The number of allylic oxidation sites excluding steroid dienone is 1. The number of nitrogens with one attached hydrogen (secondary N) is 1. The number of hydrogen-bond donors (Lipinski definition) is 3. The van der Waals surface area contributed by atoms with Gasteiger partial charge >= 0.3 is 5.97 Å². The minimum absolute atomic E-state index is 0.461. The molecule has 0 saturated heterocycles. The first kappa shape index (κ1) is 17.7. The molecule has 0 amide bonds. The Balaban J connectivity index is 2.58. The van der Waals surface area contributed by atoms with Crippen molar-refractivity contribution in [1.82, 2.24) is 5.32 Å². The van der Waals surface area contributed by atoms with E-state index >= 15 is 0 Å². The van der Waals surface area contributed by atoms with Gasteiger partial charge in [0.1, 0.15) is 6.04 Å². The molecule has 1 aromatic carbocycles. The number of carboxylic acids is 1. The molecule has 0 aliphatic carbocycles. The lowest BCUT2D eigenvalue weighted by Crippen LogP contribution is -2.19. The van der Waals surface area contributed by atoms with E-state index in [0.29, 0.717) is 19.4 Å². The standard InChI is InChI=1S/C17H23N3O2/c1-19-13-10-15-8-6-14(7-9-15)4-3-12-20-16(17(21)22)5-2-11-18/h3-4,6-10,12-13,16,19H,2,5,11,18H2,1H3,(H,21,22)/b4-3+,13-10-,20-12?. The summed E-state index contributed by atoms with van der Waals surface area (Å²) in [5, 5.41) is 12.0. The highest BCUT2D eigenvalue weighted by Gasteiger charge is 2.13. The van der Waals surface area contributed by atoms with Gasteiger partial charge in [-0.2, -0.15) is 0 Å². The molecule has 0 aliphatic heterocycles. The lowest BCUT2D eigenvalue weighted by Gasteiger charge is -2.04. The number of aliphatic carboxylic acids is 1. The summed E-state index contributed by atoms with van der Waals surface area (Å²) in [5.74, 6) is -0.918. The van der Waals surface area contributed by atoms with Crippen LogP contribution < -0.4 is 11.1 Å². The maximum atomic E-state index is 11.0. The van der Waals surface area contributed by atoms with Crippen molar-refractivity contribution in [2.75, 3.05) is 13.6 Å². The first-order valence-electron chi connectivity index (χ1n) is 7.24. The molecular weight excluding hydrogens is 278 g/mol. The van der Waals surface area contributed by atoms with Crippen molar-refractivity contribution >= 4 is 24.3 Å². The van der Waals surface area contributed by atoms with Crippen LogP contribution in [-0.4, -0.2) is 36.9 Å². The summed E-state index contributed by atoms with van der Waals surface area (Å²) >= 11 is 0. The molecule has 0 saturated carbocycles. The Morgan fingerprint density at radius 2 is 1.95 bits per heavy atom. The molecule has 0 aromatic heterocycles. The molecule has 5 nitrogen and oxygen atoms in total. The van der Waals surface area contributed by atoms with Crippen molar-refractivity contribution in [2.24, 2.45) is 10.7 Å². The van der Waals surface area contributed by atoms with Crippen LogP contribution in [0.15, 0.2) is 41.5 Å². The van der Waals surface area contributed by atoms with E-state index < -0.39 is 12.0 Å². The summed E-state index contributed by atoms with van der Waals surface area (Å²) in [6.07, 6.45) is 10.1. The Morgan fingerprint density at radius 1 is 1.32 bits per heavy atom. The number of nitrogens with two attached hydrogens (primary N) is 1. The largest absolute Gasteiger partial charge is 0.480 e. The second-order valence-electron chi connectivity index (χ2n) is 4.73. The van der Waals surface area contributed by atoms with Gasteiger partial charge in [-0.15, -0.1) is 0 Å². The number of carbonyl (C=O) groups is 1. The van der Waals surface area contributed by atoms with Gasteiger partial charge in [0.2, 0.25) is 0 Å². The number of aliphatic imine (C=N–C) groups is 1. The van der Waals surface area contributed by atoms with Crippen LogP contribution in [0.4, 0.5) is 0 Å². The summed E-state index contributed by atoms with van der Waals surface area (Å²) in [7, 11) is 1.85. The van der Waals surface area contributed by atoms with Crippen molar-refractivity contribution in [3.8, 4) is 0 Å². The zero-order valence-corrected chi connectivity index (χ0v) is 12.8. The molecule has 1 rings (SSSR count). The van der Waals surface area contributed by atoms with Crippen molar-refractivity contribution in [2.45, 2.75) is 18.9 Å². The van der Waals surface area contributed by atoms with Gasteiger partial charge in [0, 0.05) is 13.3 Å². The number of rotatable bonds is 9. The summed E-state index contributed by atoms with van der Waals surface area (Å²) in [6, 6.07) is 7.27. The third kappa shape index (κ3) is 6.85. The monoisotopic (exact) mass is 301 g/mol. The first-order valence-corrected chi connectivity index (χ1v) is 7.24. The van der Waals surface area contributed by atoms with Crippen LogP contribution in [0.25, 0.3) is 12.2 Å². The number of hydrogen-bond acceptors (Lipinski definition) is 4. The fourth-order valence-corrected chi connectivity index (χ4v) is 1.78. The Labute approximate surface area is 131 Å². The van der Waals surface area contributed by atoms with Gasteiger partial charge in [-0.05, 0) is 48.9 Å². The van der Waals surface area contributed by atoms with E-state index in [-0.39, 0.29) is 0 Å².